The van der Waals surface area contributed by atoms with Gasteiger partial charge in [0.1, 0.15) is 0 Å². The van der Waals surface area contributed by atoms with E-state index in [1.807, 2.05) is 0 Å². The van der Waals surface area contributed by atoms with Gasteiger partial charge in [0, 0.05) is 16.4 Å². The summed E-state index contributed by atoms with van der Waals surface area (Å²) in [6.45, 7) is 0. The Morgan fingerprint density at radius 3 is 1.62 bits per heavy atom. The van der Waals surface area contributed by atoms with E-state index in [-0.39, 0.29) is 0 Å². The average molecular weight is 487 g/mol. The highest BCUT2D eigenvalue weighted by Crippen LogP contribution is 2.36. The smallest absolute Gasteiger partial charge is 0.0332 e. The van der Waals surface area contributed by atoms with Gasteiger partial charge in [0.2, 0.25) is 0 Å². The molecule has 0 atom stereocenters. The molecular weight excluding hydrogens is 463 g/mol. The summed E-state index contributed by atoms with van der Waals surface area (Å²) in [5, 5.41) is 11.7. The topological polar surface area (TPSA) is 0 Å². The van der Waals surface area contributed by atoms with E-state index in [0.29, 0.717) is 0 Å². The first-order valence-corrected chi connectivity index (χ1v) is 13.9. The van der Waals surface area contributed by atoms with Gasteiger partial charge < -0.3 is 0 Å². The molecule has 7 rings (SSSR count). The summed E-state index contributed by atoms with van der Waals surface area (Å²) < 4.78 is 0. The SMILES string of the molecule is C(#Cc1ccc2ccc3cccc4ccc1c2c34)c1ccccc1P(c1ccccc1)c1ccccc1. The molecule has 0 radical (unpaired) electrons. The second-order valence-corrected chi connectivity index (χ2v) is 11.4. The van der Waals surface area contributed by atoms with Crippen LogP contribution < -0.4 is 15.9 Å². The third kappa shape index (κ3) is 3.86. The fourth-order valence-electron chi connectivity index (χ4n) is 5.33. The van der Waals surface area contributed by atoms with E-state index in [4.69, 9.17) is 0 Å². The summed E-state index contributed by atoms with van der Waals surface area (Å²) in [6.07, 6.45) is 0. The molecule has 0 amide bonds. The van der Waals surface area contributed by atoms with Crippen LogP contribution in [-0.4, -0.2) is 0 Å². The third-order valence-corrected chi connectivity index (χ3v) is 9.54. The van der Waals surface area contributed by atoms with Crippen LogP contribution in [0.4, 0.5) is 0 Å². The molecule has 0 unspecified atom stereocenters. The van der Waals surface area contributed by atoms with Crippen molar-refractivity contribution in [3.05, 3.63) is 151 Å². The normalized spacial score (nSPS) is 11.3. The minimum Gasteiger partial charge on any atom is -0.0622 e. The standard InChI is InChI=1S/C36H23P/c1-3-13-31(14-4-1)37(32-15-5-2-6-16-32)34-17-8-7-10-27(34)20-18-26-19-21-30-23-22-28-11-9-12-29-24-25-33(26)36(30)35(28)29/h1-17,19,21-25H. The Kier molecular flexibility index (Phi) is 5.44. The van der Waals surface area contributed by atoms with Crippen LogP contribution in [0.3, 0.4) is 0 Å². The van der Waals surface area contributed by atoms with Gasteiger partial charge in [-0.3, -0.25) is 0 Å². The monoisotopic (exact) mass is 486 g/mol. The lowest BCUT2D eigenvalue weighted by atomic mass is 9.92. The molecular formula is C36H23P. The van der Waals surface area contributed by atoms with Crippen LogP contribution >= 0.6 is 7.92 Å². The highest BCUT2D eigenvalue weighted by Gasteiger charge is 2.18. The van der Waals surface area contributed by atoms with Crippen molar-refractivity contribution in [2.75, 3.05) is 0 Å². The van der Waals surface area contributed by atoms with Crippen LogP contribution in [0.25, 0.3) is 32.3 Å². The largest absolute Gasteiger partial charge is 0.0622 e. The van der Waals surface area contributed by atoms with Crippen LogP contribution in [0.15, 0.2) is 140 Å². The van der Waals surface area contributed by atoms with Gasteiger partial charge >= 0.3 is 0 Å². The van der Waals surface area contributed by atoms with Crippen molar-refractivity contribution in [3.63, 3.8) is 0 Å². The fourth-order valence-corrected chi connectivity index (χ4v) is 7.74. The summed E-state index contributed by atoms with van der Waals surface area (Å²) in [5.41, 5.74) is 2.16. The van der Waals surface area contributed by atoms with Gasteiger partial charge in [0.25, 0.3) is 0 Å². The average Bonchev–Trinajstić information content (AvgIpc) is 2.97. The Labute approximate surface area is 218 Å². The van der Waals surface area contributed by atoms with E-state index in [2.05, 4.69) is 151 Å². The maximum atomic E-state index is 3.59. The molecule has 0 aliphatic heterocycles. The molecule has 37 heavy (non-hydrogen) atoms. The molecule has 172 valence electrons. The predicted molar refractivity (Wildman–Crippen MR) is 161 cm³/mol. The predicted octanol–water partition coefficient (Wildman–Crippen LogP) is 7.74. The summed E-state index contributed by atoms with van der Waals surface area (Å²) >= 11 is 0. The zero-order chi connectivity index (χ0) is 24.6. The minimum absolute atomic E-state index is 0.717. The molecule has 0 spiro atoms. The number of benzene rings is 7. The first kappa shape index (κ1) is 21.8. The Hall–Kier alpha value is -4.43. The van der Waals surface area contributed by atoms with Crippen molar-refractivity contribution in [2.45, 2.75) is 0 Å². The number of hydrogen-bond donors (Lipinski definition) is 0. The number of rotatable bonds is 3. The van der Waals surface area contributed by atoms with Crippen molar-refractivity contribution in [3.8, 4) is 11.8 Å². The Balaban J connectivity index is 1.40. The Morgan fingerprint density at radius 2 is 0.919 bits per heavy atom. The molecule has 0 N–H and O–H groups in total. The molecule has 0 nitrogen and oxygen atoms in total. The van der Waals surface area contributed by atoms with E-state index in [0.717, 1.165) is 11.1 Å². The fraction of sp³-hybridized carbons (Fsp3) is 0. The van der Waals surface area contributed by atoms with Gasteiger partial charge in [-0.25, -0.2) is 0 Å². The Bertz CT molecular complexity index is 1870. The molecule has 0 saturated carbocycles. The van der Waals surface area contributed by atoms with Gasteiger partial charge in [-0.05, 0) is 63.0 Å². The second-order valence-electron chi connectivity index (χ2n) is 9.24. The Morgan fingerprint density at radius 1 is 0.378 bits per heavy atom. The van der Waals surface area contributed by atoms with Gasteiger partial charge in [-0.2, -0.15) is 0 Å². The first-order chi connectivity index (χ1) is 18.4. The molecule has 0 saturated heterocycles. The van der Waals surface area contributed by atoms with Gasteiger partial charge in [-0.1, -0.05) is 139 Å². The van der Waals surface area contributed by atoms with Crippen LogP contribution in [0, 0.1) is 11.8 Å². The highest BCUT2D eigenvalue weighted by molar-refractivity contribution is 7.80. The summed E-state index contributed by atoms with van der Waals surface area (Å²) in [6, 6.07) is 50.1. The van der Waals surface area contributed by atoms with Crippen molar-refractivity contribution >= 4 is 56.2 Å². The zero-order valence-electron chi connectivity index (χ0n) is 20.2. The van der Waals surface area contributed by atoms with Gasteiger partial charge in [0.05, 0.1) is 0 Å². The first-order valence-electron chi connectivity index (χ1n) is 12.5. The second kappa shape index (κ2) is 9.22. The van der Waals surface area contributed by atoms with Crippen molar-refractivity contribution in [1.29, 1.82) is 0 Å². The molecule has 7 aromatic rings. The molecule has 0 aromatic heterocycles. The van der Waals surface area contributed by atoms with E-state index < -0.39 is 7.92 Å². The minimum atomic E-state index is -0.717. The van der Waals surface area contributed by atoms with E-state index in [1.54, 1.807) is 0 Å². The summed E-state index contributed by atoms with van der Waals surface area (Å²) in [4.78, 5) is 0. The maximum Gasteiger partial charge on any atom is 0.0332 e. The van der Waals surface area contributed by atoms with E-state index in [1.165, 1.54) is 48.2 Å². The third-order valence-electron chi connectivity index (χ3n) is 7.03. The molecule has 0 bridgehead atoms. The molecule has 0 aliphatic carbocycles. The maximum absolute atomic E-state index is 3.59. The lowest BCUT2D eigenvalue weighted by Crippen LogP contribution is -2.22. The van der Waals surface area contributed by atoms with E-state index in [9.17, 15) is 0 Å². The van der Waals surface area contributed by atoms with E-state index >= 15 is 0 Å². The van der Waals surface area contributed by atoms with Crippen molar-refractivity contribution in [1.82, 2.24) is 0 Å². The van der Waals surface area contributed by atoms with Crippen LogP contribution in [0.5, 0.6) is 0 Å². The van der Waals surface area contributed by atoms with Crippen LogP contribution in [0.1, 0.15) is 11.1 Å². The molecule has 0 heterocycles. The number of hydrogen-bond acceptors (Lipinski definition) is 0. The van der Waals surface area contributed by atoms with Crippen molar-refractivity contribution < 1.29 is 0 Å². The van der Waals surface area contributed by atoms with Crippen molar-refractivity contribution in [2.24, 2.45) is 0 Å². The van der Waals surface area contributed by atoms with Gasteiger partial charge in [-0.15, -0.1) is 0 Å². The lowest BCUT2D eigenvalue weighted by Gasteiger charge is -2.20. The van der Waals surface area contributed by atoms with Gasteiger partial charge in [0.15, 0.2) is 0 Å². The lowest BCUT2D eigenvalue weighted by molar-refractivity contribution is 1.69. The quantitative estimate of drug-likeness (QED) is 0.136. The molecule has 0 fully saturated rings. The summed E-state index contributed by atoms with van der Waals surface area (Å²) in [7, 11) is -0.717. The zero-order valence-corrected chi connectivity index (χ0v) is 21.1. The molecule has 0 aliphatic rings. The molecule has 1 heteroatoms. The molecule has 7 aromatic carbocycles. The van der Waals surface area contributed by atoms with Crippen LogP contribution in [-0.2, 0) is 0 Å². The summed E-state index contributed by atoms with van der Waals surface area (Å²) in [5.74, 6) is 7.16. The van der Waals surface area contributed by atoms with Crippen LogP contribution in [0.2, 0.25) is 0 Å². The highest BCUT2D eigenvalue weighted by atomic mass is 31.1.